The number of amides is 1. The molecular formula is C16H23N3O. The standard InChI is InChI=1S/C16H23N3O/c1-2-8-18-9-11-19(12-10-18)14-16(20)17-13-15-6-4-3-5-7-15/h2-7H,1,8-14H2,(H,17,20). The van der Waals surface area contributed by atoms with Gasteiger partial charge in [-0.15, -0.1) is 6.58 Å². The largest absolute Gasteiger partial charge is 0.351 e. The minimum Gasteiger partial charge on any atom is -0.351 e. The Hall–Kier alpha value is -1.65. The van der Waals surface area contributed by atoms with Crippen LogP contribution in [0.4, 0.5) is 0 Å². The van der Waals surface area contributed by atoms with Crippen LogP contribution < -0.4 is 5.32 Å². The molecule has 1 heterocycles. The van der Waals surface area contributed by atoms with E-state index in [4.69, 9.17) is 0 Å². The molecule has 0 atom stereocenters. The van der Waals surface area contributed by atoms with E-state index in [-0.39, 0.29) is 5.91 Å². The molecule has 108 valence electrons. The molecular weight excluding hydrogens is 250 g/mol. The van der Waals surface area contributed by atoms with Crippen LogP contribution in [0.1, 0.15) is 5.56 Å². The molecule has 1 aliphatic heterocycles. The molecule has 1 aromatic rings. The minimum absolute atomic E-state index is 0.103. The maximum absolute atomic E-state index is 11.9. The quantitative estimate of drug-likeness (QED) is 0.789. The first-order valence-electron chi connectivity index (χ1n) is 7.14. The zero-order valence-electron chi connectivity index (χ0n) is 11.9. The lowest BCUT2D eigenvalue weighted by molar-refractivity contribution is -0.122. The first kappa shape index (κ1) is 14.8. The van der Waals surface area contributed by atoms with Gasteiger partial charge in [0.25, 0.3) is 0 Å². The molecule has 4 heteroatoms. The van der Waals surface area contributed by atoms with Gasteiger partial charge in [0.05, 0.1) is 6.54 Å². The van der Waals surface area contributed by atoms with Gasteiger partial charge in [-0.3, -0.25) is 14.6 Å². The van der Waals surface area contributed by atoms with Gasteiger partial charge in [-0.05, 0) is 5.56 Å². The Labute approximate surface area is 121 Å². The van der Waals surface area contributed by atoms with Gasteiger partial charge in [-0.1, -0.05) is 36.4 Å². The first-order chi connectivity index (χ1) is 9.78. The Morgan fingerprint density at radius 1 is 1.15 bits per heavy atom. The van der Waals surface area contributed by atoms with E-state index in [1.807, 2.05) is 36.4 Å². The van der Waals surface area contributed by atoms with Crippen molar-refractivity contribution in [3.63, 3.8) is 0 Å². The van der Waals surface area contributed by atoms with Crippen molar-refractivity contribution in [2.75, 3.05) is 39.3 Å². The molecule has 1 aliphatic rings. The highest BCUT2D eigenvalue weighted by Gasteiger charge is 2.17. The topological polar surface area (TPSA) is 35.6 Å². The van der Waals surface area contributed by atoms with Crippen molar-refractivity contribution in [3.05, 3.63) is 48.6 Å². The highest BCUT2D eigenvalue weighted by atomic mass is 16.2. The molecule has 2 rings (SSSR count). The summed E-state index contributed by atoms with van der Waals surface area (Å²) in [5.41, 5.74) is 1.14. The van der Waals surface area contributed by atoms with Crippen LogP contribution in [0.2, 0.25) is 0 Å². The molecule has 1 N–H and O–H groups in total. The molecule has 0 unspecified atom stereocenters. The van der Waals surface area contributed by atoms with E-state index in [1.54, 1.807) is 0 Å². The summed E-state index contributed by atoms with van der Waals surface area (Å²) in [7, 11) is 0. The predicted octanol–water partition coefficient (Wildman–Crippen LogP) is 1.11. The van der Waals surface area contributed by atoms with Crippen molar-refractivity contribution in [2.45, 2.75) is 6.54 Å². The molecule has 1 saturated heterocycles. The molecule has 1 aromatic carbocycles. The van der Waals surface area contributed by atoms with Crippen LogP contribution >= 0.6 is 0 Å². The number of nitrogens with one attached hydrogen (secondary N) is 1. The average molecular weight is 273 g/mol. The fourth-order valence-corrected chi connectivity index (χ4v) is 2.37. The van der Waals surface area contributed by atoms with Gasteiger partial charge < -0.3 is 5.32 Å². The smallest absolute Gasteiger partial charge is 0.234 e. The zero-order chi connectivity index (χ0) is 14.2. The summed E-state index contributed by atoms with van der Waals surface area (Å²) in [6.07, 6.45) is 1.93. The number of carbonyl (C=O) groups excluding carboxylic acids is 1. The van der Waals surface area contributed by atoms with Crippen molar-refractivity contribution in [2.24, 2.45) is 0 Å². The summed E-state index contributed by atoms with van der Waals surface area (Å²) in [6.45, 7) is 9.72. The highest BCUT2D eigenvalue weighted by Crippen LogP contribution is 2.01. The van der Waals surface area contributed by atoms with Gasteiger partial charge in [-0.25, -0.2) is 0 Å². The van der Waals surface area contributed by atoms with Crippen molar-refractivity contribution in [1.29, 1.82) is 0 Å². The van der Waals surface area contributed by atoms with Gasteiger partial charge in [0.15, 0.2) is 0 Å². The third-order valence-corrected chi connectivity index (χ3v) is 3.55. The summed E-state index contributed by atoms with van der Waals surface area (Å²) < 4.78 is 0. The van der Waals surface area contributed by atoms with Gasteiger partial charge >= 0.3 is 0 Å². The van der Waals surface area contributed by atoms with Crippen LogP contribution in [-0.4, -0.2) is 55.0 Å². The van der Waals surface area contributed by atoms with Crippen molar-refractivity contribution >= 4 is 5.91 Å². The zero-order valence-corrected chi connectivity index (χ0v) is 11.9. The number of hydrogen-bond donors (Lipinski definition) is 1. The molecule has 0 aliphatic carbocycles. The Morgan fingerprint density at radius 3 is 2.45 bits per heavy atom. The summed E-state index contributed by atoms with van der Waals surface area (Å²) >= 11 is 0. The van der Waals surface area contributed by atoms with E-state index < -0.39 is 0 Å². The van der Waals surface area contributed by atoms with Gasteiger partial charge in [0.2, 0.25) is 5.91 Å². The summed E-state index contributed by atoms with van der Waals surface area (Å²) in [4.78, 5) is 16.5. The van der Waals surface area contributed by atoms with E-state index in [1.165, 1.54) is 0 Å². The van der Waals surface area contributed by atoms with Crippen LogP contribution in [-0.2, 0) is 11.3 Å². The van der Waals surface area contributed by atoms with Crippen LogP contribution in [0.15, 0.2) is 43.0 Å². The third kappa shape index (κ3) is 4.79. The number of hydrogen-bond acceptors (Lipinski definition) is 3. The molecule has 4 nitrogen and oxygen atoms in total. The second-order valence-corrected chi connectivity index (χ2v) is 5.13. The van der Waals surface area contributed by atoms with Crippen molar-refractivity contribution < 1.29 is 4.79 Å². The van der Waals surface area contributed by atoms with Gasteiger partial charge in [0.1, 0.15) is 0 Å². The first-order valence-corrected chi connectivity index (χ1v) is 7.14. The molecule has 0 spiro atoms. The molecule has 1 fully saturated rings. The molecule has 0 bridgehead atoms. The molecule has 0 saturated carbocycles. The normalized spacial score (nSPS) is 16.8. The highest BCUT2D eigenvalue weighted by molar-refractivity contribution is 5.78. The van der Waals surface area contributed by atoms with Crippen LogP contribution in [0, 0.1) is 0 Å². The van der Waals surface area contributed by atoms with E-state index in [0.29, 0.717) is 13.1 Å². The monoisotopic (exact) mass is 273 g/mol. The second-order valence-electron chi connectivity index (χ2n) is 5.13. The van der Waals surface area contributed by atoms with Crippen molar-refractivity contribution in [1.82, 2.24) is 15.1 Å². The Balaban J connectivity index is 1.66. The van der Waals surface area contributed by atoms with Crippen LogP contribution in [0.3, 0.4) is 0 Å². The van der Waals surface area contributed by atoms with E-state index >= 15 is 0 Å². The van der Waals surface area contributed by atoms with Gasteiger partial charge in [0, 0.05) is 39.3 Å². The lowest BCUT2D eigenvalue weighted by atomic mass is 10.2. The fourth-order valence-electron chi connectivity index (χ4n) is 2.37. The maximum Gasteiger partial charge on any atom is 0.234 e. The minimum atomic E-state index is 0.103. The fraction of sp³-hybridized carbons (Fsp3) is 0.438. The molecule has 20 heavy (non-hydrogen) atoms. The molecule has 0 radical (unpaired) electrons. The number of nitrogens with zero attached hydrogens (tertiary/aromatic N) is 2. The Bertz CT molecular complexity index is 425. The number of benzene rings is 1. The number of carbonyl (C=O) groups is 1. The van der Waals surface area contributed by atoms with E-state index in [9.17, 15) is 4.79 Å². The lowest BCUT2D eigenvalue weighted by Gasteiger charge is -2.33. The van der Waals surface area contributed by atoms with E-state index in [0.717, 1.165) is 38.3 Å². The average Bonchev–Trinajstić information content (AvgIpc) is 2.49. The third-order valence-electron chi connectivity index (χ3n) is 3.55. The number of piperazine rings is 1. The maximum atomic E-state index is 11.9. The summed E-state index contributed by atoms with van der Waals surface area (Å²) in [6, 6.07) is 10.00. The summed E-state index contributed by atoms with van der Waals surface area (Å²) in [5.74, 6) is 0.103. The SMILES string of the molecule is C=CCN1CCN(CC(=O)NCc2ccccc2)CC1. The van der Waals surface area contributed by atoms with Crippen LogP contribution in [0.5, 0.6) is 0 Å². The van der Waals surface area contributed by atoms with E-state index in [2.05, 4.69) is 21.7 Å². The predicted molar refractivity (Wildman–Crippen MR) is 81.4 cm³/mol. The summed E-state index contributed by atoms with van der Waals surface area (Å²) in [5, 5.41) is 2.97. The van der Waals surface area contributed by atoms with Crippen molar-refractivity contribution in [3.8, 4) is 0 Å². The molecule has 0 aromatic heterocycles. The van der Waals surface area contributed by atoms with Gasteiger partial charge in [-0.2, -0.15) is 0 Å². The second kappa shape index (κ2) is 7.82. The lowest BCUT2D eigenvalue weighted by Crippen LogP contribution is -2.49. The Kier molecular flexibility index (Phi) is 5.77. The number of rotatable bonds is 6. The molecule has 1 amide bonds. The van der Waals surface area contributed by atoms with Crippen LogP contribution in [0.25, 0.3) is 0 Å². The Morgan fingerprint density at radius 2 is 1.80 bits per heavy atom.